The molecule has 0 unspecified atom stereocenters. The molecule has 0 aromatic heterocycles. The molecule has 0 atom stereocenters. The van der Waals surface area contributed by atoms with Gasteiger partial charge in [-0.05, 0) is 48.4 Å². The molecule has 8 heteroatoms. The van der Waals surface area contributed by atoms with Gasteiger partial charge in [0.1, 0.15) is 0 Å². The zero-order chi connectivity index (χ0) is 20.1. The monoisotopic (exact) mass is 420 g/mol. The van der Waals surface area contributed by atoms with Gasteiger partial charge in [-0.15, -0.1) is 0 Å². The number of hydrogen-bond donors (Lipinski definition) is 1. The van der Waals surface area contributed by atoms with Crippen molar-refractivity contribution in [1.29, 1.82) is 0 Å². The summed E-state index contributed by atoms with van der Waals surface area (Å²) >= 11 is 5.95. The Bertz CT molecular complexity index is 982. The molecule has 1 saturated heterocycles. The molecule has 28 heavy (non-hydrogen) atoms. The number of benzene rings is 2. The molecule has 1 aliphatic heterocycles. The zero-order valence-corrected chi connectivity index (χ0v) is 17.0. The van der Waals surface area contributed by atoms with Crippen LogP contribution in [0.15, 0.2) is 53.4 Å². The topological polar surface area (TPSA) is 75.7 Å². The normalized spacial score (nSPS) is 15.6. The second kappa shape index (κ2) is 8.87. The summed E-state index contributed by atoms with van der Waals surface area (Å²) in [6.45, 7) is 3.39. The molecule has 1 fully saturated rings. The Morgan fingerprint density at radius 2 is 1.82 bits per heavy atom. The molecule has 2 aromatic carbocycles. The second-order valence-electron chi connectivity index (χ2n) is 6.37. The van der Waals surface area contributed by atoms with Crippen LogP contribution in [0.5, 0.6) is 0 Å². The molecule has 0 aliphatic carbocycles. The average molecular weight is 421 g/mol. The Hall–Kier alpha value is -2.19. The van der Waals surface area contributed by atoms with Crippen molar-refractivity contribution >= 4 is 39.3 Å². The van der Waals surface area contributed by atoms with Crippen molar-refractivity contribution in [2.24, 2.45) is 0 Å². The highest BCUT2D eigenvalue weighted by Crippen LogP contribution is 2.21. The summed E-state index contributed by atoms with van der Waals surface area (Å²) in [4.78, 5) is 12.4. The number of rotatable bonds is 5. The third-order valence-electron chi connectivity index (χ3n) is 4.37. The van der Waals surface area contributed by atoms with E-state index in [2.05, 4.69) is 5.32 Å². The second-order valence-corrected chi connectivity index (χ2v) is 8.74. The number of carbonyl (C=O) groups is 1. The lowest BCUT2D eigenvalue weighted by Gasteiger charge is -2.26. The number of nitrogens with one attached hydrogen (secondary N) is 1. The van der Waals surface area contributed by atoms with E-state index in [-0.39, 0.29) is 10.8 Å². The molecule has 1 amide bonds. The minimum Gasteiger partial charge on any atom is -0.379 e. The maximum atomic E-state index is 12.6. The van der Waals surface area contributed by atoms with Gasteiger partial charge in [0.05, 0.1) is 18.1 Å². The number of nitrogens with zero attached hydrogens (tertiary/aromatic N) is 1. The predicted molar refractivity (Wildman–Crippen MR) is 110 cm³/mol. The Morgan fingerprint density at radius 3 is 2.50 bits per heavy atom. The first-order chi connectivity index (χ1) is 13.4. The van der Waals surface area contributed by atoms with E-state index in [1.54, 1.807) is 42.5 Å². The van der Waals surface area contributed by atoms with Crippen LogP contribution in [0.2, 0.25) is 5.02 Å². The average Bonchev–Trinajstić information content (AvgIpc) is 2.70. The van der Waals surface area contributed by atoms with Crippen LogP contribution in [-0.4, -0.2) is 44.9 Å². The molecular formula is C20H21ClN2O4S. The Kier molecular flexibility index (Phi) is 6.51. The van der Waals surface area contributed by atoms with Gasteiger partial charge < -0.3 is 10.1 Å². The summed E-state index contributed by atoms with van der Waals surface area (Å²) < 4.78 is 31.8. The summed E-state index contributed by atoms with van der Waals surface area (Å²) in [5.74, 6) is -0.296. The van der Waals surface area contributed by atoms with E-state index < -0.39 is 10.0 Å². The number of carbonyl (C=O) groups excluding carboxylic acids is 1. The van der Waals surface area contributed by atoms with Crippen LogP contribution < -0.4 is 5.32 Å². The smallest absolute Gasteiger partial charge is 0.248 e. The maximum Gasteiger partial charge on any atom is 0.248 e. The van der Waals surface area contributed by atoms with Gasteiger partial charge in [-0.1, -0.05) is 29.8 Å². The van der Waals surface area contributed by atoms with Crippen molar-refractivity contribution in [3.8, 4) is 0 Å². The van der Waals surface area contributed by atoms with Crippen LogP contribution >= 0.6 is 11.6 Å². The van der Waals surface area contributed by atoms with Gasteiger partial charge in [0, 0.05) is 29.9 Å². The van der Waals surface area contributed by atoms with Crippen molar-refractivity contribution in [2.45, 2.75) is 11.8 Å². The standard InChI is InChI=1S/C20H21ClN2O4S/c1-15-2-6-17(21)14-19(15)22-20(24)9-5-16-3-7-18(8-4-16)28(25,26)23-10-12-27-13-11-23/h2-9,14H,10-13H2,1H3,(H,22,24)/b9-5+. The van der Waals surface area contributed by atoms with E-state index in [1.807, 2.05) is 13.0 Å². The summed E-state index contributed by atoms with van der Waals surface area (Å²) in [5, 5.41) is 3.32. The summed E-state index contributed by atoms with van der Waals surface area (Å²) in [5.41, 5.74) is 2.27. The van der Waals surface area contributed by atoms with Crippen LogP contribution in [0.3, 0.4) is 0 Å². The number of amides is 1. The van der Waals surface area contributed by atoms with Gasteiger partial charge in [0.25, 0.3) is 0 Å². The van der Waals surface area contributed by atoms with Crippen molar-refractivity contribution in [3.63, 3.8) is 0 Å². The van der Waals surface area contributed by atoms with E-state index in [0.717, 1.165) is 11.1 Å². The van der Waals surface area contributed by atoms with Crippen molar-refractivity contribution in [1.82, 2.24) is 4.31 Å². The molecule has 0 bridgehead atoms. The van der Waals surface area contributed by atoms with Crippen molar-refractivity contribution < 1.29 is 17.9 Å². The van der Waals surface area contributed by atoms with Gasteiger partial charge in [-0.25, -0.2) is 8.42 Å². The highest BCUT2D eigenvalue weighted by molar-refractivity contribution is 7.89. The van der Waals surface area contributed by atoms with E-state index in [9.17, 15) is 13.2 Å². The molecule has 148 valence electrons. The number of aryl methyl sites for hydroxylation is 1. The SMILES string of the molecule is Cc1ccc(Cl)cc1NC(=O)/C=C/c1ccc(S(=O)(=O)N2CCOCC2)cc1. The van der Waals surface area contributed by atoms with Gasteiger partial charge in [0.2, 0.25) is 15.9 Å². The maximum absolute atomic E-state index is 12.6. The van der Waals surface area contributed by atoms with Crippen LogP contribution in [0, 0.1) is 6.92 Å². The van der Waals surface area contributed by atoms with Gasteiger partial charge in [-0.2, -0.15) is 4.31 Å². The Balaban J connectivity index is 1.66. The minimum atomic E-state index is -3.52. The first-order valence-electron chi connectivity index (χ1n) is 8.79. The largest absolute Gasteiger partial charge is 0.379 e. The first kappa shape index (κ1) is 20.5. The zero-order valence-electron chi connectivity index (χ0n) is 15.4. The number of halogens is 1. The third kappa shape index (κ3) is 4.99. The summed E-state index contributed by atoms with van der Waals surface area (Å²) in [6.07, 6.45) is 3.02. The molecular weight excluding hydrogens is 400 g/mol. The van der Waals surface area contributed by atoms with Gasteiger partial charge >= 0.3 is 0 Å². The molecule has 3 rings (SSSR count). The minimum absolute atomic E-state index is 0.227. The molecule has 6 nitrogen and oxygen atoms in total. The van der Waals surface area contributed by atoms with Crippen LogP contribution in [0.4, 0.5) is 5.69 Å². The third-order valence-corrected chi connectivity index (χ3v) is 6.52. The van der Waals surface area contributed by atoms with Crippen LogP contribution in [0.1, 0.15) is 11.1 Å². The molecule has 0 radical (unpaired) electrons. The lowest BCUT2D eigenvalue weighted by molar-refractivity contribution is -0.111. The summed E-state index contributed by atoms with van der Waals surface area (Å²) in [6, 6.07) is 11.7. The highest BCUT2D eigenvalue weighted by Gasteiger charge is 2.25. The molecule has 0 saturated carbocycles. The number of ether oxygens (including phenoxy) is 1. The van der Waals surface area contributed by atoms with Gasteiger partial charge in [0.15, 0.2) is 0 Å². The van der Waals surface area contributed by atoms with Crippen molar-refractivity contribution in [2.75, 3.05) is 31.6 Å². The fourth-order valence-corrected chi connectivity index (χ4v) is 4.34. The fourth-order valence-electron chi connectivity index (χ4n) is 2.76. The number of sulfonamides is 1. The quantitative estimate of drug-likeness (QED) is 0.753. The van der Waals surface area contributed by atoms with E-state index >= 15 is 0 Å². The molecule has 1 aliphatic rings. The number of morpholine rings is 1. The lowest BCUT2D eigenvalue weighted by atomic mass is 10.2. The van der Waals surface area contributed by atoms with E-state index in [4.69, 9.17) is 16.3 Å². The molecule has 1 heterocycles. The Labute approximate surface area is 169 Å². The number of anilines is 1. The predicted octanol–water partition coefficient (Wildman–Crippen LogP) is 3.32. The van der Waals surface area contributed by atoms with Crippen molar-refractivity contribution in [3.05, 3.63) is 64.7 Å². The van der Waals surface area contributed by atoms with Crippen LogP contribution in [-0.2, 0) is 19.6 Å². The lowest BCUT2D eigenvalue weighted by Crippen LogP contribution is -2.40. The van der Waals surface area contributed by atoms with Crippen LogP contribution in [0.25, 0.3) is 6.08 Å². The first-order valence-corrected chi connectivity index (χ1v) is 10.6. The fraction of sp³-hybridized carbons (Fsp3) is 0.250. The Morgan fingerprint density at radius 1 is 1.14 bits per heavy atom. The molecule has 0 spiro atoms. The molecule has 1 N–H and O–H groups in total. The highest BCUT2D eigenvalue weighted by atomic mass is 35.5. The summed E-state index contributed by atoms with van der Waals surface area (Å²) in [7, 11) is -3.52. The van der Waals surface area contributed by atoms with E-state index in [0.29, 0.717) is 37.0 Å². The molecule has 2 aromatic rings. The van der Waals surface area contributed by atoms with Gasteiger partial charge in [-0.3, -0.25) is 4.79 Å². The van der Waals surface area contributed by atoms with E-state index in [1.165, 1.54) is 10.4 Å². The number of hydrogen-bond acceptors (Lipinski definition) is 4.